The zero-order valence-corrected chi connectivity index (χ0v) is 14.1. The van der Waals surface area contributed by atoms with Crippen molar-refractivity contribution >= 4 is 11.9 Å². The average molecular weight is 379 g/mol. The molecule has 0 fully saturated rings. The molecule has 1 atom stereocenters. The summed E-state index contributed by atoms with van der Waals surface area (Å²) in [5.74, 6) is -1.66. The zero-order chi connectivity index (χ0) is 19.6. The van der Waals surface area contributed by atoms with Crippen LogP contribution in [-0.2, 0) is 11.2 Å². The van der Waals surface area contributed by atoms with E-state index in [1.54, 1.807) is 12.1 Å². The minimum atomic E-state index is -4.45. The molecule has 1 unspecified atom stereocenters. The van der Waals surface area contributed by atoms with E-state index in [4.69, 9.17) is 0 Å². The van der Waals surface area contributed by atoms with Crippen molar-refractivity contribution in [1.82, 2.24) is 4.90 Å². The molecule has 1 aliphatic heterocycles. The topological polar surface area (TPSA) is 66.8 Å². The van der Waals surface area contributed by atoms with Gasteiger partial charge in [-0.3, -0.25) is 4.79 Å². The highest BCUT2D eigenvalue weighted by Crippen LogP contribution is 2.31. The van der Waals surface area contributed by atoms with Crippen LogP contribution in [0.3, 0.4) is 0 Å². The van der Waals surface area contributed by atoms with Crippen LogP contribution >= 0.6 is 0 Å². The second-order valence-electron chi connectivity index (χ2n) is 6.12. The van der Waals surface area contributed by atoms with E-state index in [2.05, 4.69) is 4.74 Å². The predicted octanol–water partition coefficient (Wildman–Crippen LogP) is 3.45. The number of alkyl halides is 3. The number of fused-ring (bicyclic) bond motifs is 1. The Morgan fingerprint density at radius 2 is 1.78 bits per heavy atom. The minimum Gasteiger partial charge on any atom is -0.484 e. The van der Waals surface area contributed by atoms with Gasteiger partial charge in [0.15, 0.2) is 12.6 Å². The molecule has 5 nitrogen and oxygen atoms in total. The Morgan fingerprint density at radius 3 is 2.41 bits per heavy atom. The van der Waals surface area contributed by atoms with Crippen LogP contribution in [-0.4, -0.2) is 41.2 Å². The summed E-state index contributed by atoms with van der Waals surface area (Å²) in [6, 6.07) is 11.1. The smallest absolute Gasteiger partial charge is 0.422 e. The van der Waals surface area contributed by atoms with Crippen molar-refractivity contribution in [2.45, 2.75) is 18.6 Å². The van der Waals surface area contributed by atoms with Crippen molar-refractivity contribution in [2.24, 2.45) is 0 Å². The number of hydrogen-bond acceptors (Lipinski definition) is 3. The van der Waals surface area contributed by atoms with Crippen LogP contribution in [0.2, 0.25) is 0 Å². The molecule has 2 aromatic carbocycles. The first-order valence-electron chi connectivity index (χ1n) is 8.17. The van der Waals surface area contributed by atoms with E-state index in [9.17, 15) is 27.9 Å². The number of carbonyl (C=O) groups excluding carboxylic acids is 1. The summed E-state index contributed by atoms with van der Waals surface area (Å²) in [5.41, 5.74) is 1.62. The van der Waals surface area contributed by atoms with Gasteiger partial charge < -0.3 is 14.7 Å². The number of amides is 1. The Morgan fingerprint density at radius 1 is 1.11 bits per heavy atom. The molecule has 1 N–H and O–H groups in total. The molecule has 1 amide bonds. The number of rotatable bonds is 4. The molecular weight excluding hydrogens is 363 g/mol. The number of halogens is 3. The van der Waals surface area contributed by atoms with Crippen LogP contribution in [0.1, 0.15) is 27.5 Å². The number of carbonyl (C=O) groups is 2. The number of carboxylic acid groups (broad SMARTS) is 1. The number of benzene rings is 2. The van der Waals surface area contributed by atoms with Crippen molar-refractivity contribution in [3.8, 4) is 5.75 Å². The summed E-state index contributed by atoms with van der Waals surface area (Å²) in [6.07, 6.45) is -3.93. The average Bonchev–Trinajstić information content (AvgIpc) is 2.64. The molecule has 0 saturated heterocycles. The first kappa shape index (κ1) is 18.8. The first-order valence-corrected chi connectivity index (χ1v) is 8.17. The number of nitrogens with zero attached hydrogens (tertiary/aromatic N) is 1. The quantitative estimate of drug-likeness (QED) is 0.884. The molecule has 3 rings (SSSR count). The highest BCUT2D eigenvalue weighted by molar-refractivity contribution is 5.97. The Hall–Kier alpha value is -3.03. The van der Waals surface area contributed by atoms with Crippen LogP contribution in [0.25, 0.3) is 0 Å². The third kappa shape index (κ3) is 4.21. The maximum Gasteiger partial charge on any atom is 0.422 e. The minimum absolute atomic E-state index is 0.0253. The highest BCUT2D eigenvalue weighted by Gasteiger charge is 2.36. The standard InChI is InChI=1S/C19H16F3NO4/c20-19(21,22)11-27-14-7-5-13(6-8-14)17(24)23-10-9-12-3-1-2-4-15(12)16(23)18(25)26/h1-8,16H,9-11H2,(H,25,26). The lowest BCUT2D eigenvalue weighted by Crippen LogP contribution is -2.43. The van der Waals surface area contributed by atoms with Gasteiger partial charge in [0, 0.05) is 12.1 Å². The molecule has 142 valence electrons. The van der Waals surface area contributed by atoms with Gasteiger partial charge in [-0.2, -0.15) is 13.2 Å². The maximum absolute atomic E-state index is 12.8. The van der Waals surface area contributed by atoms with Gasteiger partial charge in [0.05, 0.1) is 0 Å². The molecule has 2 aromatic rings. The summed E-state index contributed by atoms with van der Waals surface area (Å²) < 4.78 is 41.2. The Labute approximate surface area is 153 Å². The summed E-state index contributed by atoms with van der Waals surface area (Å²) in [6.45, 7) is -1.19. The van der Waals surface area contributed by atoms with Gasteiger partial charge in [-0.15, -0.1) is 0 Å². The second-order valence-corrected chi connectivity index (χ2v) is 6.12. The molecule has 1 heterocycles. The van der Waals surface area contributed by atoms with E-state index in [0.29, 0.717) is 12.0 Å². The monoisotopic (exact) mass is 379 g/mol. The number of aliphatic carboxylic acids is 1. The summed E-state index contributed by atoms with van der Waals surface area (Å²) in [5, 5.41) is 9.62. The van der Waals surface area contributed by atoms with E-state index in [-0.39, 0.29) is 17.9 Å². The molecule has 0 aromatic heterocycles. The van der Waals surface area contributed by atoms with Gasteiger partial charge in [-0.1, -0.05) is 24.3 Å². The molecule has 27 heavy (non-hydrogen) atoms. The molecule has 0 bridgehead atoms. The van der Waals surface area contributed by atoms with Crippen LogP contribution < -0.4 is 4.74 Å². The molecule has 8 heteroatoms. The van der Waals surface area contributed by atoms with Gasteiger partial charge >= 0.3 is 12.1 Å². The third-order valence-electron chi connectivity index (χ3n) is 4.28. The van der Waals surface area contributed by atoms with Crippen molar-refractivity contribution in [1.29, 1.82) is 0 Å². The molecule has 0 saturated carbocycles. The van der Waals surface area contributed by atoms with E-state index in [0.717, 1.165) is 5.56 Å². The molecule has 0 radical (unpaired) electrons. The molecule has 1 aliphatic rings. The fraction of sp³-hybridized carbons (Fsp3) is 0.263. The second kappa shape index (κ2) is 7.30. The summed E-state index contributed by atoms with van der Waals surface area (Å²) in [4.78, 5) is 25.8. The van der Waals surface area contributed by atoms with Crippen LogP contribution in [0, 0.1) is 0 Å². The van der Waals surface area contributed by atoms with Crippen LogP contribution in [0.4, 0.5) is 13.2 Å². The van der Waals surface area contributed by atoms with E-state index >= 15 is 0 Å². The van der Waals surface area contributed by atoms with Crippen molar-refractivity contribution in [2.75, 3.05) is 13.2 Å². The van der Waals surface area contributed by atoms with Crippen molar-refractivity contribution in [3.05, 3.63) is 65.2 Å². The third-order valence-corrected chi connectivity index (χ3v) is 4.28. The Balaban J connectivity index is 1.80. The Kier molecular flexibility index (Phi) is 5.07. The number of carboxylic acids is 1. The van der Waals surface area contributed by atoms with E-state index in [1.165, 1.54) is 29.2 Å². The lowest BCUT2D eigenvalue weighted by atomic mass is 9.92. The van der Waals surface area contributed by atoms with Crippen LogP contribution in [0.15, 0.2) is 48.5 Å². The van der Waals surface area contributed by atoms with Gasteiger partial charge in [-0.05, 0) is 41.8 Å². The van der Waals surface area contributed by atoms with Crippen molar-refractivity contribution in [3.63, 3.8) is 0 Å². The lowest BCUT2D eigenvalue weighted by molar-refractivity contribution is -0.153. The lowest BCUT2D eigenvalue weighted by Gasteiger charge is -2.34. The fourth-order valence-corrected chi connectivity index (χ4v) is 3.08. The molecule has 0 spiro atoms. The Bertz CT molecular complexity index is 849. The van der Waals surface area contributed by atoms with Gasteiger partial charge in [-0.25, -0.2) is 4.79 Å². The molecule has 0 aliphatic carbocycles. The zero-order valence-electron chi connectivity index (χ0n) is 14.1. The van der Waals surface area contributed by atoms with Gasteiger partial charge in [0.25, 0.3) is 5.91 Å². The number of hydrogen-bond donors (Lipinski definition) is 1. The highest BCUT2D eigenvalue weighted by atomic mass is 19.4. The van der Waals surface area contributed by atoms with Gasteiger partial charge in [0.1, 0.15) is 5.75 Å². The first-order chi connectivity index (χ1) is 12.8. The van der Waals surface area contributed by atoms with E-state index < -0.39 is 30.7 Å². The van der Waals surface area contributed by atoms with Crippen molar-refractivity contribution < 1.29 is 32.6 Å². The van der Waals surface area contributed by atoms with Crippen LogP contribution in [0.5, 0.6) is 5.75 Å². The largest absolute Gasteiger partial charge is 0.484 e. The molecular formula is C19H16F3NO4. The van der Waals surface area contributed by atoms with E-state index in [1.807, 2.05) is 12.1 Å². The normalized spacial score (nSPS) is 16.6. The fourth-order valence-electron chi connectivity index (χ4n) is 3.08. The van der Waals surface area contributed by atoms with Gasteiger partial charge in [0.2, 0.25) is 0 Å². The summed E-state index contributed by atoms with van der Waals surface area (Å²) in [7, 11) is 0. The maximum atomic E-state index is 12.8. The predicted molar refractivity (Wildman–Crippen MR) is 89.6 cm³/mol. The SMILES string of the molecule is O=C(O)C1c2ccccc2CCN1C(=O)c1ccc(OCC(F)(F)F)cc1. The summed E-state index contributed by atoms with van der Waals surface area (Å²) >= 11 is 0. The number of ether oxygens (including phenoxy) is 1.